The summed E-state index contributed by atoms with van der Waals surface area (Å²) in [5, 5.41) is 26.5. The lowest BCUT2D eigenvalue weighted by molar-refractivity contribution is 0.404. The Labute approximate surface area is 113 Å². The number of aromatic hydroxyl groups is 2. The first-order chi connectivity index (χ1) is 9.65. The average Bonchev–Trinajstić information content (AvgIpc) is 2.92. The van der Waals surface area contributed by atoms with E-state index in [0.717, 1.165) is 0 Å². The molecule has 0 unspecified atom stereocenters. The summed E-state index contributed by atoms with van der Waals surface area (Å²) >= 11 is 0. The van der Waals surface area contributed by atoms with Crippen LogP contribution in [0.1, 0.15) is 0 Å². The molecule has 6 heteroatoms. The Morgan fingerprint density at radius 3 is 2.55 bits per heavy atom. The summed E-state index contributed by atoms with van der Waals surface area (Å²) in [5.41, 5.74) is 1.32. The number of phenolic OH excluding ortho intramolecular Hbond substituents is 2. The summed E-state index contributed by atoms with van der Waals surface area (Å²) in [7, 11) is 0. The topological polar surface area (TPSA) is 71.2 Å². The Kier molecular flexibility index (Phi) is 2.83. The Balaban J connectivity index is 2.02. The number of nitrogens with zero attached hydrogens (tertiary/aromatic N) is 3. The molecular weight excluding hydrogens is 261 g/mol. The lowest BCUT2D eigenvalue weighted by atomic mass is 10.1. The van der Waals surface area contributed by atoms with Gasteiger partial charge in [-0.05, 0) is 30.3 Å². The highest BCUT2D eigenvalue weighted by Gasteiger charge is 2.10. The minimum absolute atomic E-state index is 0.213. The van der Waals surface area contributed by atoms with Crippen molar-refractivity contribution in [3.63, 3.8) is 0 Å². The predicted octanol–water partition coefficient (Wildman–Crippen LogP) is 2.48. The highest BCUT2D eigenvalue weighted by Crippen LogP contribution is 2.29. The molecule has 3 aromatic rings. The van der Waals surface area contributed by atoms with Crippen LogP contribution in [0.3, 0.4) is 0 Å². The molecule has 0 saturated heterocycles. The van der Waals surface area contributed by atoms with Crippen LogP contribution in [0.2, 0.25) is 0 Å². The van der Waals surface area contributed by atoms with E-state index in [1.807, 2.05) is 0 Å². The minimum atomic E-state index is -0.405. The van der Waals surface area contributed by atoms with Crippen LogP contribution in [0, 0.1) is 5.82 Å². The first kappa shape index (κ1) is 12.2. The molecule has 0 radical (unpaired) electrons. The molecule has 0 atom stereocenters. The van der Waals surface area contributed by atoms with Crippen molar-refractivity contribution in [1.82, 2.24) is 15.0 Å². The molecular formula is C14H10FN3O2. The maximum Gasteiger partial charge on any atom is 0.158 e. The summed E-state index contributed by atoms with van der Waals surface area (Å²) in [6, 6.07) is 10.5. The largest absolute Gasteiger partial charge is 0.504 e. The third-order valence-electron chi connectivity index (χ3n) is 2.86. The van der Waals surface area contributed by atoms with Crippen LogP contribution in [0.25, 0.3) is 16.9 Å². The van der Waals surface area contributed by atoms with Gasteiger partial charge in [-0.3, -0.25) is 0 Å². The van der Waals surface area contributed by atoms with Crippen LogP contribution in [-0.2, 0) is 0 Å². The number of phenols is 2. The summed E-state index contributed by atoms with van der Waals surface area (Å²) in [6.07, 6.45) is 1.55. The Morgan fingerprint density at radius 2 is 1.80 bits per heavy atom. The third-order valence-corrected chi connectivity index (χ3v) is 2.86. The number of benzene rings is 2. The SMILES string of the molecule is Oc1ccc(-c2cn(-c3ccccc3F)nn2)cc1O. The molecule has 2 aromatic carbocycles. The van der Waals surface area contributed by atoms with E-state index in [9.17, 15) is 14.6 Å². The van der Waals surface area contributed by atoms with Gasteiger partial charge in [-0.2, -0.15) is 0 Å². The van der Waals surface area contributed by atoms with Crippen LogP contribution in [-0.4, -0.2) is 25.2 Å². The number of hydrogen-bond acceptors (Lipinski definition) is 4. The van der Waals surface area contributed by atoms with Gasteiger partial charge in [0.25, 0.3) is 0 Å². The van der Waals surface area contributed by atoms with Gasteiger partial charge in [0.2, 0.25) is 0 Å². The molecule has 0 aliphatic carbocycles. The molecule has 5 nitrogen and oxygen atoms in total. The van der Waals surface area contributed by atoms with E-state index in [0.29, 0.717) is 11.3 Å². The van der Waals surface area contributed by atoms with E-state index in [4.69, 9.17) is 0 Å². The number of rotatable bonds is 2. The standard InChI is InChI=1S/C14H10FN3O2/c15-10-3-1-2-4-12(10)18-8-11(16-17-18)9-5-6-13(19)14(20)7-9/h1-8,19-20H. The summed E-state index contributed by atoms with van der Waals surface area (Å²) in [5.74, 6) is -0.865. The number of halogens is 1. The Hall–Kier alpha value is -2.89. The van der Waals surface area contributed by atoms with Crippen LogP contribution in [0.15, 0.2) is 48.7 Å². The molecule has 0 fully saturated rings. The summed E-state index contributed by atoms with van der Waals surface area (Å²) in [6.45, 7) is 0. The van der Waals surface area contributed by atoms with Crippen molar-refractivity contribution in [3.05, 3.63) is 54.5 Å². The third kappa shape index (κ3) is 2.07. The molecule has 0 aliphatic rings. The van der Waals surface area contributed by atoms with E-state index in [1.165, 1.54) is 22.9 Å². The summed E-state index contributed by atoms with van der Waals surface area (Å²) in [4.78, 5) is 0. The van der Waals surface area contributed by atoms with Crippen molar-refractivity contribution in [2.75, 3.05) is 0 Å². The zero-order valence-electron chi connectivity index (χ0n) is 10.2. The molecule has 0 saturated carbocycles. The second-order valence-electron chi connectivity index (χ2n) is 4.20. The maximum atomic E-state index is 13.6. The minimum Gasteiger partial charge on any atom is -0.504 e. The van der Waals surface area contributed by atoms with Gasteiger partial charge in [-0.15, -0.1) is 5.10 Å². The van der Waals surface area contributed by atoms with Gasteiger partial charge in [0.15, 0.2) is 11.5 Å². The van der Waals surface area contributed by atoms with Crippen molar-refractivity contribution in [2.45, 2.75) is 0 Å². The fourth-order valence-electron chi connectivity index (χ4n) is 1.83. The van der Waals surface area contributed by atoms with Crippen LogP contribution < -0.4 is 0 Å². The Morgan fingerprint density at radius 1 is 1.00 bits per heavy atom. The van der Waals surface area contributed by atoms with Crippen molar-refractivity contribution in [1.29, 1.82) is 0 Å². The molecule has 1 heterocycles. The quantitative estimate of drug-likeness (QED) is 0.702. The number of aromatic nitrogens is 3. The molecule has 0 amide bonds. The molecule has 2 N–H and O–H groups in total. The van der Waals surface area contributed by atoms with Crippen LogP contribution >= 0.6 is 0 Å². The van der Waals surface area contributed by atoms with Crippen molar-refractivity contribution in [2.24, 2.45) is 0 Å². The maximum absolute atomic E-state index is 13.6. The fraction of sp³-hybridized carbons (Fsp3) is 0. The number of para-hydroxylation sites is 1. The second kappa shape index (κ2) is 4.65. The van der Waals surface area contributed by atoms with Crippen LogP contribution in [0.4, 0.5) is 4.39 Å². The van der Waals surface area contributed by atoms with E-state index >= 15 is 0 Å². The van der Waals surface area contributed by atoms with Crippen molar-refractivity contribution >= 4 is 0 Å². The van der Waals surface area contributed by atoms with Gasteiger partial charge in [0.05, 0.1) is 6.20 Å². The van der Waals surface area contributed by atoms with E-state index < -0.39 is 5.82 Å². The van der Waals surface area contributed by atoms with E-state index in [-0.39, 0.29) is 17.2 Å². The lowest BCUT2D eigenvalue weighted by Gasteiger charge is -2.01. The summed E-state index contributed by atoms with van der Waals surface area (Å²) < 4.78 is 15.0. The van der Waals surface area contributed by atoms with Gasteiger partial charge in [0, 0.05) is 5.56 Å². The molecule has 100 valence electrons. The fourth-order valence-corrected chi connectivity index (χ4v) is 1.83. The molecule has 20 heavy (non-hydrogen) atoms. The highest BCUT2D eigenvalue weighted by atomic mass is 19.1. The zero-order chi connectivity index (χ0) is 14.1. The molecule has 1 aromatic heterocycles. The molecule has 0 aliphatic heterocycles. The predicted molar refractivity (Wildman–Crippen MR) is 70.1 cm³/mol. The number of hydrogen-bond donors (Lipinski definition) is 2. The first-order valence-corrected chi connectivity index (χ1v) is 5.85. The normalized spacial score (nSPS) is 10.7. The first-order valence-electron chi connectivity index (χ1n) is 5.85. The van der Waals surface area contributed by atoms with Gasteiger partial charge >= 0.3 is 0 Å². The monoisotopic (exact) mass is 271 g/mol. The smallest absolute Gasteiger partial charge is 0.158 e. The van der Waals surface area contributed by atoms with Crippen molar-refractivity contribution in [3.8, 4) is 28.4 Å². The van der Waals surface area contributed by atoms with Gasteiger partial charge in [-0.1, -0.05) is 17.3 Å². The Bertz CT molecular complexity index is 771. The van der Waals surface area contributed by atoms with E-state index in [1.54, 1.807) is 30.5 Å². The molecule has 0 bridgehead atoms. The van der Waals surface area contributed by atoms with E-state index in [2.05, 4.69) is 10.3 Å². The van der Waals surface area contributed by atoms with Gasteiger partial charge in [-0.25, -0.2) is 9.07 Å². The van der Waals surface area contributed by atoms with Crippen LogP contribution in [0.5, 0.6) is 11.5 Å². The molecule has 3 rings (SSSR count). The lowest BCUT2D eigenvalue weighted by Crippen LogP contribution is -1.97. The van der Waals surface area contributed by atoms with Crippen molar-refractivity contribution < 1.29 is 14.6 Å². The average molecular weight is 271 g/mol. The second-order valence-corrected chi connectivity index (χ2v) is 4.20. The van der Waals surface area contributed by atoms with Gasteiger partial charge < -0.3 is 10.2 Å². The highest BCUT2D eigenvalue weighted by molar-refractivity contribution is 5.62. The zero-order valence-corrected chi connectivity index (χ0v) is 10.2. The van der Waals surface area contributed by atoms with Gasteiger partial charge in [0.1, 0.15) is 17.2 Å². The molecule has 0 spiro atoms.